The first-order valence-corrected chi connectivity index (χ1v) is 15.3. The van der Waals surface area contributed by atoms with Crippen LogP contribution in [0.1, 0.15) is 54.6 Å². The first-order chi connectivity index (χ1) is 20.8. The Morgan fingerprint density at radius 3 is 2.67 bits per heavy atom. The molecule has 43 heavy (non-hydrogen) atoms. The van der Waals surface area contributed by atoms with E-state index in [2.05, 4.69) is 22.1 Å². The van der Waals surface area contributed by atoms with E-state index in [-0.39, 0.29) is 18.5 Å². The minimum absolute atomic E-state index is 0.0532. The molecule has 4 heterocycles. The number of halogens is 2. The molecule has 2 fully saturated rings. The van der Waals surface area contributed by atoms with Crippen LogP contribution in [-0.4, -0.2) is 52.0 Å². The van der Waals surface area contributed by atoms with Gasteiger partial charge in [-0.25, -0.2) is 9.37 Å². The number of nitrogens with zero attached hydrogens (tertiary/aromatic N) is 3. The number of aromatic nitrogens is 2. The molecular weight excluding hydrogens is 569 g/mol. The lowest BCUT2D eigenvalue weighted by molar-refractivity contribution is -0.0592. The second-order valence-corrected chi connectivity index (χ2v) is 12.5. The highest BCUT2D eigenvalue weighted by molar-refractivity contribution is 6.30. The van der Waals surface area contributed by atoms with Crippen LogP contribution < -0.4 is 9.47 Å². The van der Waals surface area contributed by atoms with Crippen molar-refractivity contribution in [2.24, 2.45) is 0 Å². The largest absolute Gasteiger partial charge is 0.508 e. The molecule has 0 aliphatic carbocycles. The average molecular weight is 604 g/mol. The average Bonchev–Trinajstić information content (AvgIpc) is 3.30. The number of fused-ring (bicyclic) bond motifs is 2. The van der Waals surface area contributed by atoms with Crippen LogP contribution in [0, 0.1) is 5.82 Å². The molecule has 0 bridgehead atoms. The van der Waals surface area contributed by atoms with E-state index >= 15 is 0 Å². The van der Waals surface area contributed by atoms with Crippen molar-refractivity contribution in [3.8, 4) is 11.5 Å². The lowest BCUT2D eigenvalue weighted by atomic mass is 9.87. The van der Waals surface area contributed by atoms with Gasteiger partial charge in [-0.1, -0.05) is 36.4 Å². The number of rotatable bonds is 7. The van der Waals surface area contributed by atoms with Gasteiger partial charge in [0.15, 0.2) is 17.1 Å². The fraction of sp³-hybridized carbons (Fsp3) is 0.382. The van der Waals surface area contributed by atoms with E-state index in [1.165, 1.54) is 6.07 Å². The van der Waals surface area contributed by atoms with Crippen molar-refractivity contribution in [3.05, 3.63) is 94.5 Å². The molecule has 3 aromatic carbocycles. The van der Waals surface area contributed by atoms with Gasteiger partial charge in [0, 0.05) is 28.3 Å². The van der Waals surface area contributed by atoms with Crippen LogP contribution in [-0.2, 0) is 23.4 Å². The van der Waals surface area contributed by atoms with Crippen LogP contribution in [0.15, 0.2) is 61.2 Å². The van der Waals surface area contributed by atoms with Crippen LogP contribution in [0.25, 0.3) is 16.8 Å². The zero-order valence-corrected chi connectivity index (χ0v) is 24.9. The van der Waals surface area contributed by atoms with E-state index in [0.717, 1.165) is 80.2 Å². The Balaban J connectivity index is 1.07. The van der Waals surface area contributed by atoms with Gasteiger partial charge in [0.05, 0.1) is 30.2 Å². The molecule has 3 aliphatic heterocycles. The van der Waals surface area contributed by atoms with Gasteiger partial charge >= 0.3 is 0 Å². The fourth-order valence-electron chi connectivity index (χ4n) is 6.53. The number of aliphatic hydroxyl groups excluding tert-OH is 1. The number of hydrogen-bond donors (Lipinski definition) is 1. The van der Waals surface area contributed by atoms with Gasteiger partial charge in [-0.15, -0.1) is 0 Å². The molecule has 7 rings (SSSR count). The van der Waals surface area contributed by atoms with Gasteiger partial charge in [-0.05, 0) is 81.6 Å². The summed E-state index contributed by atoms with van der Waals surface area (Å²) in [7, 11) is 0. The summed E-state index contributed by atoms with van der Waals surface area (Å²) in [5, 5.41) is 10.3. The lowest BCUT2D eigenvalue weighted by Crippen LogP contribution is -2.40. The Morgan fingerprint density at radius 1 is 1.14 bits per heavy atom. The van der Waals surface area contributed by atoms with Gasteiger partial charge in [0.2, 0.25) is 0 Å². The maximum Gasteiger partial charge on any atom is 0.168 e. The number of para-hydroxylation sites is 1. The fourth-order valence-corrected chi connectivity index (χ4v) is 6.69. The Kier molecular flexibility index (Phi) is 7.32. The van der Waals surface area contributed by atoms with Gasteiger partial charge in [0.1, 0.15) is 24.0 Å². The summed E-state index contributed by atoms with van der Waals surface area (Å²) in [5.41, 5.74) is 3.21. The Bertz CT molecular complexity index is 1690. The molecule has 0 spiro atoms. The summed E-state index contributed by atoms with van der Waals surface area (Å²) in [5.74, 6) is 2.38. The molecule has 7 nitrogen and oxygen atoms in total. The molecule has 9 heteroatoms. The molecular formula is C34H35ClFN3O4. The van der Waals surface area contributed by atoms with Gasteiger partial charge in [-0.3, -0.25) is 4.90 Å². The van der Waals surface area contributed by atoms with Crippen LogP contribution in [0.2, 0.25) is 5.02 Å². The Morgan fingerprint density at radius 2 is 1.95 bits per heavy atom. The number of hydrogen-bond acceptors (Lipinski definition) is 6. The zero-order valence-electron chi connectivity index (χ0n) is 24.2. The topological polar surface area (TPSA) is 69.0 Å². The summed E-state index contributed by atoms with van der Waals surface area (Å²) in [6, 6.07) is 16.4. The number of piperidine rings is 1. The molecule has 4 aromatic rings. The quantitative estimate of drug-likeness (QED) is 0.225. The molecule has 0 unspecified atom stereocenters. The van der Waals surface area contributed by atoms with Gasteiger partial charge in [-0.2, -0.15) is 0 Å². The Labute approximate surface area is 255 Å². The number of imidazole rings is 1. The normalized spacial score (nSPS) is 22.4. The van der Waals surface area contributed by atoms with Crippen molar-refractivity contribution in [3.63, 3.8) is 0 Å². The molecule has 0 saturated carbocycles. The summed E-state index contributed by atoms with van der Waals surface area (Å²) < 4.78 is 35.5. The smallest absolute Gasteiger partial charge is 0.168 e. The van der Waals surface area contributed by atoms with Crippen molar-refractivity contribution in [2.75, 3.05) is 26.3 Å². The van der Waals surface area contributed by atoms with Gasteiger partial charge < -0.3 is 23.9 Å². The van der Waals surface area contributed by atoms with Crippen molar-refractivity contribution in [1.82, 2.24) is 14.5 Å². The Hall–Kier alpha value is -3.59. The predicted molar refractivity (Wildman–Crippen MR) is 164 cm³/mol. The first kappa shape index (κ1) is 28.2. The molecule has 0 radical (unpaired) electrons. The highest BCUT2D eigenvalue weighted by Gasteiger charge is 2.39. The van der Waals surface area contributed by atoms with E-state index in [4.69, 9.17) is 30.8 Å². The summed E-state index contributed by atoms with van der Waals surface area (Å²) >= 11 is 5.98. The highest BCUT2D eigenvalue weighted by Crippen LogP contribution is 2.46. The molecule has 1 N–H and O–H groups in total. The zero-order chi connectivity index (χ0) is 29.7. The third kappa shape index (κ3) is 5.37. The molecule has 1 aromatic heterocycles. The van der Waals surface area contributed by atoms with Crippen LogP contribution >= 0.6 is 11.6 Å². The summed E-state index contributed by atoms with van der Waals surface area (Å²) in [6.07, 6.45) is 3.18. The lowest BCUT2D eigenvalue weighted by Gasteiger charge is -2.38. The minimum atomic E-state index is -0.954. The second-order valence-electron chi connectivity index (χ2n) is 12.0. The van der Waals surface area contributed by atoms with E-state index in [1.807, 2.05) is 37.3 Å². The van der Waals surface area contributed by atoms with Crippen molar-refractivity contribution in [1.29, 1.82) is 0 Å². The number of benzene rings is 3. The third-order valence-electron chi connectivity index (χ3n) is 9.07. The second kappa shape index (κ2) is 11.2. The highest BCUT2D eigenvalue weighted by atomic mass is 35.5. The van der Waals surface area contributed by atoms with Crippen molar-refractivity contribution < 1.29 is 23.7 Å². The molecule has 224 valence electrons. The predicted octanol–water partition coefficient (Wildman–Crippen LogP) is 7.21. The SMILES string of the molecule is C=C(O)c1ccc2nc(CN3CCC(c4cccc5c4OC[C@](C)(c4ccc(Cl)cc4F)O5)CC3)n(C[C@@H]3CCO3)c2c1. The number of likely N-dealkylation sites (tertiary alicyclic amines) is 1. The monoisotopic (exact) mass is 603 g/mol. The van der Waals surface area contributed by atoms with Crippen LogP contribution in [0.4, 0.5) is 4.39 Å². The summed E-state index contributed by atoms with van der Waals surface area (Å²) in [6.45, 7) is 9.87. The molecule has 2 saturated heterocycles. The number of ether oxygens (including phenoxy) is 3. The molecule has 0 amide bonds. The molecule has 2 atom stereocenters. The van der Waals surface area contributed by atoms with E-state index < -0.39 is 11.4 Å². The van der Waals surface area contributed by atoms with Crippen molar-refractivity contribution >= 4 is 28.4 Å². The van der Waals surface area contributed by atoms with Crippen LogP contribution in [0.5, 0.6) is 11.5 Å². The molecule has 3 aliphatic rings. The van der Waals surface area contributed by atoms with E-state index in [1.54, 1.807) is 12.1 Å². The van der Waals surface area contributed by atoms with Gasteiger partial charge in [0.25, 0.3) is 0 Å². The van der Waals surface area contributed by atoms with Crippen LogP contribution in [0.3, 0.4) is 0 Å². The maximum absolute atomic E-state index is 14.8. The van der Waals surface area contributed by atoms with E-state index in [0.29, 0.717) is 27.8 Å². The summed E-state index contributed by atoms with van der Waals surface area (Å²) in [4.78, 5) is 7.44. The third-order valence-corrected chi connectivity index (χ3v) is 9.31. The maximum atomic E-state index is 14.8. The van der Waals surface area contributed by atoms with Crippen molar-refractivity contribution in [2.45, 2.75) is 56.9 Å². The number of aliphatic hydroxyl groups is 1. The first-order valence-electron chi connectivity index (χ1n) is 14.9. The van der Waals surface area contributed by atoms with E-state index in [9.17, 15) is 9.50 Å². The standard InChI is InChI=1S/C34H35ClFN3O4/c1-21(40)23-6-9-29-30(16-23)39(18-25-12-15-41-25)32(37-29)19-38-13-10-22(11-14-38)26-4-3-5-31-33(26)42-20-34(2,43-31)27-8-7-24(35)17-28(27)36/h3-9,16-17,22,25,40H,1,10-15,18-20H2,2H3/t25-,34+/m0/s1. The minimum Gasteiger partial charge on any atom is -0.508 e.